The van der Waals surface area contributed by atoms with Gasteiger partial charge in [-0.2, -0.15) is 0 Å². The summed E-state index contributed by atoms with van der Waals surface area (Å²) in [5.41, 5.74) is 1.12. The lowest BCUT2D eigenvalue weighted by atomic mass is 10.1. The van der Waals surface area contributed by atoms with Gasteiger partial charge < -0.3 is 23.7 Å². The van der Waals surface area contributed by atoms with Gasteiger partial charge in [0.25, 0.3) is 0 Å². The Kier molecular flexibility index (Phi) is 8.24. The lowest BCUT2D eigenvalue weighted by Gasteiger charge is -2.41. The molecule has 164 valence electrons. The summed E-state index contributed by atoms with van der Waals surface area (Å²) in [6.07, 6.45) is 2.68. The van der Waals surface area contributed by atoms with Crippen LogP contribution in [0.3, 0.4) is 0 Å². The third kappa shape index (κ3) is 7.02. The van der Waals surface area contributed by atoms with Crippen molar-refractivity contribution in [3.63, 3.8) is 0 Å². The van der Waals surface area contributed by atoms with E-state index in [1.165, 1.54) is 0 Å². The molecule has 0 radical (unpaired) electrons. The van der Waals surface area contributed by atoms with Crippen molar-refractivity contribution in [2.24, 2.45) is 0 Å². The fraction of sp³-hybridized carbons (Fsp3) is 0.652. The highest BCUT2D eigenvalue weighted by Crippen LogP contribution is 2.40. The zero-order chi connectivity index (χ0) is 21.7. The molecule has 0 unspecified atom stereocenters. The molecular formula is C23H38O5Si. The Morgan fingerprint density at radius 2 is 1.83 bits per heavy atom. The molecule has 0 bridgehead atoms. The number of rotatable bonds is 9. The number of aliphatic hydroxyl groups excluding tert-OH is 1. The van der Waals surface area contributed by atoms with Crippen molar-refractivity contribution < 1.29 is 23.7 Å². The van der Waals surface area contributed by atoms with E-state index in [1.807, 2.05) is 38.1 Å². The van der Waals surface area contributed by atoms with Crippen LogP contribution in [0.2, 0.25) is 18.1 Å². The molecular weight excluding hydrogens is 384 g/mol. The van der Waals surface area contributed by atoms with Gasteiger partial charge in [-0.3, -0.25) is 0 Å². The molecule has 1 aliphatic heterocycles. The monoisotopic (exact) mass is 422 g/mol. The molecule has 1 saturated heterocycles. The highest BCUT2D eigenvalue weighted by atomic mass is 28.4. The predicted octanol–water partition coefficient (Wildman–Crippen LogP) is 4.66. The molecule has 0 aliphatic carbocycles. The quantitative estimate of drug-likeness (QED) is 0.463. The van der Waals surface area contributed by atoms with Crippen LogP contribution >= 0.6 is 0 Å². The molecule has 1 aliphatic rings. The Morgan fingerprint density at radius 1 is 1.17 bits per heavy atom. The summed E-state index contributed by atoms with van der Waals surface area (Å²) in [4.78, 5) is 0. The van der Waals surface area contributed by atoms with Crippen molar-refractivity contribution in [2.45, 2.75) is 83.5 Å². The lowest BCUT2D eigenvalue weighted by molar-refractivity contribution is -0.156. The third-order valence-corrected chi connectivity index (χ3v) is 10.1. The van der Waals surface area contributed by atoms with Crippen LogP contribution in [-0.2, 0) is 25.2 Å². The van der Waals surface area contributed by atoms with Crippen LogP contribution in [0.5, 0.6) is 0 Å². The summed E-state index contributed by atoms with van der Waals surface area (Å²) >= 11 is 0. The van der Waals surface area contributed by atoms with Gasteiger partial charge in [-0.1, -0.05) is 63.3 Å². The largest absolute Gasteiger partial charge is 0.409 e. The first kappa shape index (κ1) is 24.2. The maximum Gasteiger partial charge on any atom is 0.192 e. The third-order valence-electron chi connectivity index (χ3n) is 5.61. The van der Waals surface area contributed by atoms with Crippen LogP contribution < -0.4 is 0 Å². The lowest BCUT2D eigenvalue weighted by Crippen LogP contribution is -2.50. The van der Waals surface area contributed by atoms with Gasteiger partial charge in [-0.25, -0.2) is 0 Å². The molecule has 29 heavy (non-hydrogen) atoms. The van der Waals surface area contributed by atoms with Crippen molar-refractivity contribution in [1.29, 1.82) is 0 Å². The van der Waals surface area contributed by atoms with E-state index in [2.05, 4.69) is 46.0 Å². The molecule has 0 amide bonds. The molecule has 1 aromatic carbocycles. The molecule has 0 spiro atoms. The van der Waals surface area contributed by atoms with Gasteiger partial charge in [-0.05, 0) is 37.5 Å². The van der Waals surface area contributed by atoms with Gasteiger partial charge in [0.05, 0.1) is 25.9 Å². The topological polar surface area (TPSA) is 57.2 Å². The Morgan fingerprint density at radius 3 is 2.41 bits per heavy atom. The highest BCUT2D eigenvalue weighted by Gasteiger charge is 2.48. The number of aliphatic hydroxyl groups is 1. The van der Waals surface area contributed by atoms with Gasteiger partial charge in [0.15, 0.2) is 14.1 Å². The molecule has 0 saturated carbocycles. The van der Waals surface area contributed by atoms with E-state index in [0.717, 1.165) is 5.56 Å². The average Bonchev–Trinajstić information content (AvgIpc) is 2.93. The Balaban J connectivity index is 2.19. The van der Waals surface area contributed by atoms with Crippen molar-refractivity contribution in [2.75, 3.05) is 13.2 Å². The van der Waals surface area contributed by atoms with E-state index in [-0.39, 0.29) is 30.0 Å². The van der Waals surface area contributed by atoms with E-state index in [9.17, 15) is 5.11 Å². The SMILES string of the molecule is CC1(C)O[C@H]([C@H](COCc2ccccc2)O[Si](C)(C)C(C)(C)C)[C@H](/C=C/CO)O1. The van der Waals surface area contributed by atoms with Gasteiger partial charge >= 0.3 is 0 Å². The van der Waals surface area contributed by atoms with E-state index in [0.29, 0.717) is 13.2 Å². The van der Waals surface area contributed by atoms with E-state index < -0.39 is 14.1 Å². The molecule has 0 aromatic heterocycles. The summed E-state index contributed by atoms with van der Waals surface area (Å²) in [5, 5.41) is 9.28. The van der Waals surface area contributed by atoms with Crippen LogP contribution in [0.15, 0.2) is 42.5 Å². The van der Waals surface area contributed by atoms with Gasteiger partial charge in [0.1, 0.15) is 12.2 Å². The first-order valence-electron chi connectivity index (χ1n) is 10.4. The molecule has 1 fully saturated rings. The molecule has 1 aromatic rings. The average molecular weight is 423 g/mol. The van der Waals surface area contributed by atoms with Gasteiger partial charge in [0.2, 0.25) is 0 Å². The smallest absolute Gasteiger partial charge is 0.192 e. The van der Waals surface area contributed by atoms with Crippen LogP contribution in [0.1, 0.15) is 40.2 Å². The fourth-order valence-corrected chi connectivity index (χ4v) is 4.38. The van der Waals surface area contributed by atoms with E-state index >= 15 is 0 Å². The molecule has 5 nitrogen and oxygen atoms in total. The van der Waals surface area contributed by atoms with Crippen molar-refractivity contribution in [1.82, 2.24) is 0 Å². The Hall–Kier alpha value is -1.02. The first-order valence-corrected chi connectivity index (χ1v) is 13.3. The summed E-state index contributed by atoms with van der Waals surface area (Å²) in [5.74, 6) is -0.719. The predicted molar refractivity (Wildman–Crippen MR) is 118 cm³/mol. The number of benzene rings is 1. The number of ether oxygens (including phenoxy) is 3. The van der Waals surface area contributed by atoms with E-state index in [1.54, 1.807) is 6.08 Å². The minimum Gasteiger partial charge on any atom is -0.409 e. The van der Waals surface area contributed by atoms with Crippen molar-refractivity contribution >= 4 is 8.32 Å². The van der Waals surface area contributed by atoms with Crippen molar-refractivity contribution in [3.8, 4) is 0 Å². The van der Waals surface area contributed by atoms with Gasteiger partial charge in [-0.15, -0.1) is 0 Å². The van der Waals surface area contributed by atoms with Crippen LogP contribution in [0, 0.1) is 0 Å². The maximum atomic E-state index is 9.21. The second-order valence-electron chi connectivity index (χ2n) is 9.59. The number of hydrogen-bond acceptors (Lipinski definition) is 5. The summed E-state index contributed by atoms with van der Waals surface area (Å²) in [6, 6.07) is 10.1. The molecule has 6 heteroatoms. The zero-order valence-corrected chi connectivity index (χ0v) is 20.0. The van der Waals surface area contributed by atoms with Crippen LogP contribution in [0.4, 0.5) is 0 Å². The maximum absolute atomic E-state index is 9.21. The second kappa shape index (κ2) is 9.86. The molecule has 1 heterocycles. The standard InChI is InChI=1S/C23H38O5Si/c1-22(2,3)29(6,7)28-20(17-25-16-18-12-9-8-10-13-18)21-19(14-11-15-24)26-23(4,5)27-21/h8-14,19-21,24H,15-17H2,1-7H3/b14-11+/t19-,20-,21-/m0/s1. The van der Waals surface area contributed by atoms with Gasteiger partial charge in [0, 0.05) is 0 Å². The first-order chi connectivity index (χ1) is 13.5. The summed E-state index contributed by atoms with van der Waals surface area (Å²) in [6.45, 7) is 15.8. The molecule has 1 N–H and O–H groups in total. The zero-order valence-electron chi connectivity index (χ0n) is 19.0. The van der Waals surface area contributed by atoms with Crippen LogP contribution in [-0.4, -0.2) is 50.7 Å². The Bertz CT molecular complexity index is 651. The summed E-state index contributed by atoms with van der Waals surface area (Å²) < 4.78 is 25.1. The van der Waals surface area contributed by atoms with Crippen LogP contribution in [0.25, 0.3) is 0 Å². The van der Waals surface area contributed by atoms with E-state index in [4.69, 9.17) is 18.6 Å². The van der Waals surface area contributed by atoms with Crippen molar-refractivity contribution in [3.05, 3.63) is 48.0 Å². The minimum atomic E-state index is -2.06. The highest BCUT2D eigenvalue weighted by molar-refractivity contribution is 6.74. The minimum absolute atomic E-state index is 0.0364. The second-order valence-corrected chi connectivity index (χ2v) is 14.3. The normalized spacial score (nSPS) is 23.6. The molecule has 3 atom stereocenters. The molecule has 2 rings (SSSR count). The Labute approximate surface area is 177 Å². The summed E-state index contributed by atoms with van der Waals surface area (Å²) in [7, 11) is -2.06. The number of hydrogen-bond donors (Lipinski definition) is 1. The fourth-order valence-electron chi connectivity index (χ4n) is 3.07.